The molecular formula is C9H14FN3O. The van der Waals surface area contributed by atoms with Crippen molar-refractivity contribution in [1.29, 1.82) is 0 Å². The van der Waals surface area contributed by atoms with Crippen molar-refractivity contribution in [2.24, 2.45) is 0 Å². The number of hydrogen-bond acceptors (Lipinski definition) is 2. The number of carbonyl (C=O) groups excluding carboxylic acids is 1. The minimum atomic E-state index is -0.781. The van der Waals surface area contributed by atoms with E-state index in [1.807, 2.05) is 0 Å². The standard InChI is InChI=1S/C9H14FN3O/c1-4-7(14)12-9(2,3)8-6(10)5-11-13-8/h5H,4H2,1-3H3,(H,11,13)(H,12,14). The van der Waals surface area contributed by atoms with E-state index < -0.39 is 11.4 Å². The normalized spacial score (nSPS) is 11.4. The summed E-state index contributed by atoms with van der Waals surface area (Å²) in [5, 5.41) is 8.87. The maximum atomic E-state index is 13.2. The van der Waals surface area contributed by atoms with Gasteiger partial charge in [0.05, 0.1) is 11.7 Å². The lowest BCUT2D eigenvalue weighted by atomic mass is 10.0. The summed E-state index contributed by atoms with van der Waals surface area (Å²) in [6, 6.07) is 0. The van der Waals surface area contributed by atoms with E-state index in [1.165, 1.54) is 0 Å². The van der Waals surface area contributed by atoms with Gasteiger partial charge in [-0.1, -0.05) is 6.92 Å². The largest absolute Gasteiger partial charge is 0.345 e. The van der Waals surface area contributed by atoms with Gasteiger partial charge in [0.25, 0.3) is 0 Å². The Kier molecular flexibility index (Phi) is 2.88. The average Bonchev–Trinajstić information content (AvgIpc) is 2.51. The van der Waals surface area contributed by atoms with E-state index >= 15 is 0 Å². The number of hydrogen-bond donors (Lipinski definition) is 2. The number of amides is 1. The van der Waals surface area contributed by atoms with Crippen LogP contribution in [0.3, 0.4) is 0 Å². The number of H-pyrrole nitrogens is 1. The number of aromatic amines is 1. The van der Waals surface area contributed by atoms with Crippen molar-refractivity contribution in [1.82, 2.24) is 15.5 Å². The number of rotatable bonds is 3. The molecule has 5 heteroatoms. The highest BCUT2D eigenvalue weighted by molar-refractivity contribution is 5.76. The second-order valence-corrected chi connectivity index (χ2v) is 3.61. The van der Waals surface area contributed by atoms with Gasteiger partial charge < -0.3 is 5.32 Å². The Balaban J connectivity index is 2.85. The van der Waals surface area contributed by atoms with Crippen LogP contribution < -0.4 is 5.32 Å². The third-order valence-corrected chi connectivity index (χ3v) is 1.96. The summed E-state index contributed by atoms with van der Waals surface area (Å²) in [6.07, 6.45) is 1.53. The van der Waals surface area contributed by atoms with Gasteiger partial charge in [-0.15, -0.1) is 0 Å². The topological polar surface area (TPSA) is 57.8 Å². The highest BCUT2D eigenvalue weighted by Gasteiger charge is 2.27. The summed E-state index contributed by atoms with van der Waals surface area (Å²) in [5.41, 5.74) is -0.559. The van der Waals surface area contributed by atoms with Gasteiger partial charge in [0.1, 0.15) is 5.69 Å². The number of carbonyl (C=O) groups is 1. The van der Waals surface area contributed by atoms with Crippen LogP contribution in [0.15, 0.2) is 6.20 Å². The molecular weight excluding hydrogens is 185 g/mol. The van der Waals surface area contributed by atoms with Crippen LogP contribution in [0.5, 0.6) is 0 Å². The van der Waals surface area contributed by atoms with Gasteiger partial charge >= 0.3 is 0 Å². The Morgan fingerprint density at radius 3 is 2.79 bits per heavy atom. The van der Waals surface area contributed by atoms with Crippen LogP contribution in [-0.4, -0.2) is 16.1 Å². The molecule has 4 nitrogen and oxygen atoms in total. The number of nitrogens with one attached hydrogen (secondary N) is 2. The fraction of sp³-hybridized carbons (Fsp3) is 0.556. The maximum absolute atomic E-state index is 13.2. The molecule has 0 aliphatic carbocycles. The zero-order valence-electron chi connectivity index (χ0n) is 8.52. The quantitative estimate of drug-likeness (QED) is 0.771. The van der Waals surface area contributed by atoms with Crippen molar-refractivity contribution in [3.05, 3.63) is 17.7 Å². The number of halogens is 1. The monoisotopic (exact) mass is 199 g/mol. The SMILES string of the molecule is CCC(=O)NC(C)(C)c1n[nH]cc1F. The zero-order chi connectivity index (χ0) is 10.8. The molecule has 0 aliphatic heterocycles. The summed E-state index contributed by atoms with van der Waals surface area (Å²) in [4.78, 5) is 11.2. The van der Waals surface area contributed by atoms with Crippen LogP contribution in [0.1, 0.15) is 32.9 Å². The molecule has 0 spiro atoms. The number of nitrogens with zero attached hydrogens (tertiary/aromatic N) is 1. The Hall–Kier alpha value is -1.39. The molecule has 14 heavy (non-hydrogen) atoms. The van der Waals surface area contributed by atoms with Gasteiger partial charge in [-0.2, -0.15) is 5.10 Å². The van der Waals surface area contributed by atoms with Crippen LogP contribution in [-0.2, 0) is 10.3 Å². The van der Waals surface area contributed by atoms with Gasteiger partial charge in [-0.3, -0.25) is 9.89 Å². The lowest BCUT2D eigenvalue weighted by molar-refractivity contribution is -0.122. The van der Waals surface area contributed by atoms with E-state index in [0.29, 0.717) is 6.42 Å². The molecule has 1 amide bonds. The van der Waals surface area contributed by atoms with Gasteiger partial charge in [0.2, 0.25) is 5.91 Å². The molecule has 0 aromatic carbocycles. The predicted molar refractivity (Wildman–Crippen MR) is 50.0 cm³/mol. The first-order chi connectivity index (χ1) is 6.47. The fourth-order valence-corrected chi connectivity index (χ4v) is 1.21. The molecule has 1 aromatic heterocycles. The minimum absolute atomic E-state index is 0.127. The molecule has 0 atom stereocenters. The number of aromatic nitrogens is 2. The lowest BCUT2D eigenvalue weighted by Gasteiger charge is -2.23. The highest BCUT2D eigenvalue weighted by atomic mass is 19.1. The molecule has 1 heterocycles. The molecule has 0 fully saturated rings. The van der Waals surface area contributed by atoms with Crippen molar-refractivity contribution >= 4 is 5.91 Å². The van der Waals surface area contributed by atoms with E-state index in [2.05, 4.69) is 15.5 Å². The Labute approximate surface area is 81.9 Å². The molecule has 0 aliphatic rings. The first-order valence-electron chi connectivity index (χ1n) is 4.48. The third-order valence-electron chi connectivity index (χ3n) is 1.96. The van der Waals surface area contributed by atoms with Crippen molar-refractivity contribution < 1.29 is 9.18 Å². The van der Waals surface area contributed by atoms with Crippen LogP contribution >= 0.6 is 0 Å². The Morgan fingerprint density at radius 1 is 1.71 bits per heavy atom. The molecule has 0 radical (unpaired) electrons. The van der Waals surface area contributed by atoms with Crippen molar-refractivity contribution in [3.63, 3.8) is 0 Å². The molecule has 2 N–H and O–H groups in total. The minimum Gasteiger partial charge on any atom is -0.345 e. The van der Waals surface area contributed by atoms with Gasteiger partial charge in [-0.25, -0.2) is 4.39 Å². The van der Waals surface area contributed by atoms with Gasteiger partial charge in [0, 0.05) is 6.42 Å². The fourth-order valence-electron chi connectivity index (χ4n) is 1.21. The van der Waals surface area contributed by atoms with E-state index in [9.17, 15) is 9.18 Å². The molecule has 0 saturated carbocycles. The second kappa shape index (κ2) is 3.77. The van der Waals surface area contributed by atoms with E-state index in [4.69, 9.17) is 0 Å². The Morgan fingerprint density at radius 2 is 2.36 bits per heavy atom. The zero-order valence-corrected chi connectivity index (χ0v) is 8.52. The molecule has 0 bridgehead atoms. The van der Waals surface area contributed by atoms with Crippen LogP contribution in [0.25, 0.3) is 0 Å². The lowest BCUT2D eigenvalue weighted by Crippen LogP contribution is -2.41. The molecule has 0 saturated heterocycles. The molecule has 0 unspecified atom stereocenters. The van der Waals surface area contributed by atoms with Crippen molar-refractivity contribution in [3.8, 4) is 0 Å². The summed E-state index contributed by atoms with van der Waals surface area (Å²) in [6.45, 7) is 5.16. The van der Waals surface area contributed by atoms with E-state index in [0.717, 1.165) is 6.20 Å². The van der Waals surface area contributed by atoms with Crippen LogP contribution in [0.4, 0.5) is 4.39 Å². The van der Waals surface area contributed by atoms with Crippen LogP contribution in [0, 0.1) is 5.82 Å². The first kappa shape index (κ1) is 10.7. The van der Waals surface area contributed by atoms with Gasteiger partial charge in [0.15, 0.2) is 5.82 Å². The smallest absolute Gasteiger partial charge is 0.220 e. The third kappa shape index (κ3) is 2.10. The van der Waals surface area contributed by atoms with Crippen molar-refractivity contribution in [2.75, 3.05) is 0 Å². The predicted octanol–water partition coefficient (Wildman–Crippen LogP) is 1.31. The van der Waals surface area contributed by atoms with Crippen molar-refractivity contribution in [2.45, 2.75) is 32.7 Å². The first-order valence-corrected chi connectivity index (χ1v) is 4.48. The summed E-state index contributed by atoms with van der Waals surface area (Å²) in [5.74, 6) is -0.566. The summed E-state index contributed by atoms with van der Waals surface area (Å²) >= 11 is 0. The molecule has 78 valence electrons. The second-order valence-electron chi connectivity index (χ2n) is 3.61. The van der Waals surface area contributed by atoms with Crippen LogP contribution in [0.2, 0.25) is 0 Å². The molecule has 1 rings (SSSR count). The maximum Gasteiger partial charge on any atom is 0.220 e. The van der Waals surface area contributed by atoms with Gasteiger partial charge in [-0.05, 0) is 13.8 Å². The summed E-state index contributed by atoms with van der Waals surface area (Å²) in [7, 11) is 0. The van der Waals surface area contributed by atoms with E-state index in [-0.39, 0.29) is 11.6 Å². The molecule has 1 aromatic rings. The Bertz CT molecular complexity index is 333. The van der Waals surface area contributed by atoms with E-state index in [1.54, 1.807) is 20.8 Å². The highest BCUT2D eigenvalue weighted by Crippen LogP contribution is 2.20. The average molecular weight is 199 g/mol. The summed E-state index contributed by atoms with van der Waals surface area (Å²) < 4.78 is 13.2.